The molecule has 2 fully saturated rings. The second-order valence-corrected chi connectivity index (χ2v) is 5.81. The first-order chi connectivity index (χ1) is 11.1. The second-order valence-electron chi connectivity index (χ2n) is 5.81. The lowest BCUT2D eigenvalue weighted by Gasteiger charge is -2.25. The van der Waals surface area contributed by atoms with Gasteiger partial charge in [0.15, 0.2) is 0 Å². The van der Waals surface area contributed by atoms with E-state index in [1.54, 1.807) is 30.3 Å². The van der Waals surface area contributed by atoms with Crippen molar-refractivity contribution in [3.63, 3.8) is 0 Å². The van der Waals surface area contributed by atoms with E-state index >= 15 is 0 Å². The van der Waals surface area contributed by atoms with E-state index in [4.69, 9.17) is 0 Å². The van der Waals surface area contributed by atoms with Gasteiger partial charge >= 0.3 is 0 Å². The maximum Gasteiger partial charge on any atom is 0.251 e. The van der Waals surface area contributed by atoms with Gasteiger partial charge in [-0.3, -0.25) is 14.4 Å². The lowest BCUT2D eigenvalue weighted by molar-refractivity contribution is -0.134. The van der Waals surface area contributed by atoms with E-state index in [2.05, 4.69) is 10.6 Å². The lowest BCUT2D eigenvalue weighted by atomic mass is 10.1. The predicted octanol–water partition coefficient (Wildman–Crippen LogP) is 0.550. The van der Waals surface area contributed by atoms with E-state index in [-0.39, 0.29) is 24.3 Å². The number of hydrogen-bond donors (Lipinski definition) is 2. The molecule has 0 aromatic heterocycles. The molecule has 6 nitrogen and oxygen atoms in total. The van der Waals surface area contributed by atoms with Gasteiger partial charge in [0.05, 0.1) is 6.54 Å². The molecule has 0 spiro atoms. The lowest BCUT2D eigenvalue weighted by Crippen LogP contribution is -2.49. The molecular formula is C17H19N3O3. The second kappa shape index (κ2) is 6.64. The van der Waals surface area contributed by atoms with Gasteiger partial charge in [-0.2, -0.15) is 0 Å². The maximum atomic E-state index is 12.0. The van der Waals surface area contributed by atoms with Crippen LogP contribution >= 0.6 is 0 Å². The third-order valence-corrected chi connectivity index (χ3v) is 3.85. The topological polar surface area (TPSA) is 78.5 Å². The van der Waals surface area contributed by atoms with Crippen LogP contribution in [-0.2, 0) is 9.59 Å². The number of hydrogen-bond acceptors (Lipinski definition) is 3. The molecule has 3 amide bonds. The molecular weight excluding hydrogens is 294 g/mol. The quantitative estimate of drug-likeness (QED) is 0.797. The van der Waals surface area contributed by atoms with Gasteiger partial charge in [-0.25, -0.2) is 0 Å². The average molecular weight is 313 g/mol. The molecule has 1 saturated carbocycles. The molecule has 0 radical (unpaired) electrons. The molecule has 1 aliphatic carbocycles. The molecule has 1 aromatic rings. The molecule has 23 heavy (non-hydrogen) atoms. The number of nitrogens with zero attached hydrogens (tertiary/aromatic N) is 1. The summed E-state index contributed by atoms with van der Waals surface area (Å²) in [5.74, 6) is -0.377. The summed E-state index contributed by atoms with van der Waals surface area (Å²) in [4.78, 5) is 36.7. The SMILES string of the molecule is O=C1CN(C(=O)/C=C/c2ccc(C(=O)NC3CC3)cc2)CCN1. The Kier molecular flexibility index (Phi) is 4.41. The zero-order chi connectivity index (χ0) is 16.2. The fourth-order valence-corrected chi connectivity index (χ4v) is 2.34. The number of carbonyl (C=O) groups excluding carboxylic acids is 3. The van der Waals surface area contributed by atoms with Crippen LogP contribution in [0.25, 0.3) is 6.08 Å². The number of nitrogens with one attached hydrogen (secondary N) is 2. The van der Waals surface area contributed by atoms with E-state index in [9.17, 15) is 14.4 Å². The Morgan fingerprint density at radius 3 is 2.61 bits per heavy atom. The number of benzene rings is 1. The Morgan fingerprint density at radius 2 is 1.96 bits per heavy atom. The third kappa shape index (κ3) is 4.18. The molecule has 120 valence electrons. The molecule has 1 heterocycles. The van der Waals surface area contributed by atoms with Crippen LogP contribution in [0.1, 0.15) is 28.8 Å². The van der Waals surface area contributed by atoms with Crippen molar-refractivity contribution in [3.05, 3.63) is 41.5 Å². The summed E-state index contributed by atoms with van der Waals surface area (Å²) in [5.41, 5.74) is 1.45. The standard InChI is InChI=1S/C17H19N3O3/c21-15-11-20(10-9-18-15)16(22)8-3-12-1-4-13(5-2-12)17(23)19-14-6-7-14/h1-5,8,14H,6-7,9-11H2,(H,18,21)(H,19,23)/b8-3+. The van der Waals surface area contributed by atoms with Gasteiger partial charge in [0, 0.05) is 30.8 Å². The van der Waals surface area contributed by atoms with Crippen LogP contribution < -0.4 is 10.6 Å². The molecule has 0 atom stereocenters. The summed E-state index contributed by atoms with van der Waals surface area (Å²) in [5, 5.41) is 5.61. The van der Waals surface area contributed by atoms with Gasteiger partial charge in [0.25, 0.3) is 5.91 Å². The highest BCUT2D eigenvalue weighted by Crippen LogP contribution is 2.19. The third-order valence-electron chi connectivity index (χ3n) is 3.85. The van der Waals surface area contributed by atoms with Crippen LogP contribution in [0.2, 0.25) is 0 Å². The first-order valence-electron chi connectivity index (χ1n) is 7.76. The summed E-state index contributed by atoms with van der Waals surface area (Å²) in [6, 6.07) is 7.43. The van der Waals surface area contributed by atoms with Crippen molar-refractivity contribution >= 4 is 23.8 Å². The van der Waals surface area contributed by atoms with Crippen LogP contribution in [0.3, 0.4) is 0 Å². The van der Waals surface area contributed by atoms with Gasteiger partial charge in [-0.05, 0) is 36.6 Å². The van der Waals surface area contributed by atoms with Crippen molar-refractivity contribution < 1.29 is 14.4 Å². The number of piperazine rings is 1. The highest BCUT2D eigenvalue weighted by Gasteiger charge is 2.23. The number of carbonyl (C=O) groups is 3. The van der Waals surface area contributed by atoms with Gasteiger partial charge in [-0.15, -0.1) is 0 Å². The highest BCUT2D eigenvalue weighted by atomic mass is 16.2. The fourth-order valence-electron chi connectivity index (χ4n) is 2.34. The minimum absolute atomic E-state index is 0.0570. The smallest absolute Gasteiger partial charge is 0.251 e. The minimum atomic E-state index is -0.185. The summed E-state index contributed by atoms with van der Waals surface area (Å²) < 4.78 is 0. The van der Waals surface area contributed by atoms with Crippen molar-refractivity contribution in [1.82, 2.24) is 15.5 Å². The molecule has 0 bridgehead atoms. The fraction of sp³-hybridized carbons (Fsp3) is 0.353. The van der Waals surface area contributed by atoms with Crippen molar-refractivity contribution in [1.29, 1.82) is 0 Å². The zero-order valence-electron chi connectivity index (χ0n) is 12.7. The minimum Gasteiger partial charge on any atom is -0.353 e. The molecule has 1 saturated heterocycles. The van der Waals surface area contributed by atoms with E-state index in [0.29, 0.717) is 24.7 Å². The number of rotatable bonds is 4. The van der Waals surface area contributed by atoms with Crippen molar-refractivity contribution in [2.45, 2.75) is 18.9 Å². The van der Waals surface area contributed by atoms with E-state index in [0.717, 1.165) is 18.4 Å². The van der Waals surface area contributed by atoms with E-state index in [1.807, 2.05) is 0 Å². The highest BCUT2D eigenvalue weighted by molar-refractivity contribution is 5.96. The van der Waals surface area contributed by atoms with Gasteiger partial charge in [0.2, 0.25) is 11.8 Å². The molecule has 6 heteroatoms. The van der Waals surface area contributed by atoms with Crippen LogP contribution in [0, 0.1) is 0 Å². The largest absolute Gasteiger partial charge is 0.353 e. The van der Waals surface area contributed by atoms with Crippen molar-refractivity contribution in [2.24, 2.45) is 0 Å². The summed E-state index contributed by atoms with van der Waals surface area (Å²) in [7, 11) is 0. The first kappa shape index (κ1) is 15.3. The Hall–Kier alpha value is -2.63. The summed E-state index contributed by atoms with van der Waals surface area (Å²) in [6.07, 6.45) is 5.27. The Labute approximate surface area is 134 Å². The van der Waals surface area contributed by atoms with Crippen molar-refractivity contribution in [2.75, 3.05) is 19.6 Å². The van der Waals surface area contributed by atoms with Crippen molar-refractivity contribution in [3.8, 4) is 0 Å². The molecule has 2 N–H and O–H groups in total. The van der Waals surface area contributed by atoms with Gasteiger partial charge in [-0.1, -0.05) is 12.1 Å². The van der Waals surface area contributed by atoms with Crippen LogP contribution in [0.15, 0.2) is 30.3 Å². The average Bonchev–Trinajstić information content (AvgIpc) is 3.37. The molecule has 1 aliphatic heterocycles. The van der Waals surface area contributed by atoms with E-state index < -0.39 is 0 Å². The zero-order valence-corrected chi connectivity index (χ0v) is 12.7. The number of amides is 3. The van der Waals surface area contributed by atoms with E-state index in [1.165, 1.54) is 11.0 Å². The van der Waals surface area contributed by atoms with Crippen LogP contribution in [0.5, 0.6) is 0 Å². The maximum absolute atomic E-state index is 12.0. The monoisotopic (exact) mass is 313 g/mol. The Morgan fingerprint density at radius 1 is 1.22 bits per heavy atom. The first-order valence-corrected chi connectivity index (χ1v) is 7.76. The molecule has 1 aromatic carbocycles. The van der Waals surface area contributed by atoms with Crippen LogP contribution in [0.4, 0.5) is 0 Å². The Balaban J connectivity index is 1.57. The molecule has 3 rings (SSSR count). The molecule has 0 unspecified atom stereocenters. The molecule has 2 aliphatic rings. The van der Waals surface area contributed by atoms with Gasteiger partial charge in [0.1, 0.15) is 0 Å². The normalized spacial score (nSPS) is 17.9. The predicted molar refractivity (Wildman–Crippen MR) is 85.6 cm³/mol. The summed E-state index contributed by atoms with van der Waals surface area (Å²) in [6.45, 7) is 1.11. The van der Waals surface area contributed by atoms with Gasteiger partial charge < -0.3 is 15.5 Å². The summed E-state index contributed by atoms with van der Waals surface area (Å²) >= 11 is 0. The Bertz CT molecular complexity index is 648. The van der Waals surface area contributed by atoms with Crippen LogP contribution in [-0.4, -0.2) is 48.3 Å².